The maximum absolute atomic E-state index is 14.7. The first-order chi connectivity index (χ1) is 17.1. The van der Waals surface area contributed by atoms with Crippen molar-refractivity contribution in [3.63, 3.8) is 0 Å². The van der Waals surface area contributed by atoms with E-state index in [0.29, 0.717) is 30.3 Å². The summed E-state index contributed by atoms with van der Waals surface area (Å²) >= 11 is 0. The molecule has 3 atom stereocenters. The number of rotatable bonds is 7. The highest BCUT2D eigenvalue weighted by Gasteiger charge is 2.42. The van der Waals surface area contributed by atoms with Crippen LogP contribution >= 0.6 is 0 Å². The molecule has 3 unspecified atom stereocenters. The summed E-state index contributed by atoms with van der Waals surface area (Å²) in [7, 11) is 0. The molecule has 2 aromatic rings. The highest BCUT2D eigenvalue weighted by atomic mass is 19.3. The van der Waals surface area contributed by atoms with Gasteiger partial charge in [-0.2, -0.15) is 8.78 Å². The molecular formula is C27H27F7O2. The maximum atomic E-state index is 14.7. The lowest BCUT2D eigenvalue weighted by Gasteiger charge is -2.35. The summed E-state index contributed by atoms with van der Waals surface area (Å²) < 4.78 is 108. The van der Waals surface area contributed by atoms with E-state index in [1.165, 1.54) is 0 Å². The summed E-state index contributed by atoms with van der Waals surface area (Å²) in [4.78, 5) is 0. The zero-order chi connectivity index (χ0) is 26.0. The van der Waals surface area contributed by atoms with Crippen molar-refractivity contribution >= 4 is 5.57 Å². The SMILES string of the molecule is CCCC1CCC(C2CC=C(c3cc(F)c(C(F)(F)Oc4cc(F)c(F)c(F)c4)c(F)c3)CC2)OC1. The minimum absolute atomic E-state index is 0.134. The van der Waals surface area contributed by atoms with E-state index in [4.69, 9.17) is 4.74 Å². The summed E-state index contributed by atoms with van der Waals surface area (Å²) in [5.41, 5.74) is -0.931. The van der Waals surface area contributed by atoms with Crippen molar-refractivity contribution in [3.05, 3.63) is 70.6 Å². The average Bonchev–Trinajstić information content (AvgIpc) is 2.82. The van der Waals surface area contributed by atoms with Gasteiger partial charge in [-0.05, 0) is 73.6 Å². The first kappa shape index (κ1) is 26.5. The lowest BCUT2D eigenvalue weighted by Crippen LogP contribution is -2.32. The molecule has 2 aliphatic rings. The van der Waals surface area contributed by atoms with Crippen LogP contribution in [-0.4, -0.2) is 12.7 Å². The average molecular weight is 516 g/mol. The molecule has 0 amide bonds. The van der Waals surface area contributed by atoms with Crippen molar-refractivity contribution < 1.29 is 40.2 Å². The van der Waals surface area contributed by atoms with Crippen LogP contribution in [0, 0.1) is 40.9 Å². The highest BCUT2D eigenvalue weighted by Crippen LogP contribution is 2.40. The summed E-state index contributed by atoms with van der Waals surface area (Å²) in [6.07, 6.45) is 3.70. The van der Waals surface area contributed by atoms with Gasteiger partial charge >= 0.3 is 6.11 Å². The fourth-order valence-electron chi connectivity index (χ4n) is 5.12. The van der Waals surface area contributed by atoms with Crippen LogP contribution in [0.15, 0.2) is 30.3 Å². The number of allylic oxidation sites excluding steroid dienone is 2. The molecule has 1 fully saturated rings. The van der Waals surface area contributed by atoms with Gasteiger partial charge in [-0.25, -0.2) is 22.0 Å². The van der Waals surface area contributed by atoms with Gasteiger partial charge in [0.15, 0.2) is 17.5 Å². The van der Waals surface area contributed by atoms with E-state index in [-0.39, 0.29) is 23.8 Å². The van der Waals surface area contributed by atoms with Crippen LogP contribution < -0.4 is 4.74 Å². The molecule has 0 aromatic heterocycles. The van der Waals surface area contributed by atoms with Crippen molar-refractivity contribution in [3.8, 4) is 5.75 Å². The molecule has 36 heavy (non-hydrogen) atoms. The van der Waals surface area contributed by atoms with Crippen molar-refractivity contribution in [2.75, 3.05) is 6.61 Å². The Kier molecular flexibility index (Phi) is 7.97. The number of ether oxygens (including phenoxy) is 2. The van der Waals surface area contributed by atoms with Gasteiger partial charge in [-0.3, -0.25) is 0 Å². The standard InChI is InChI=1S/C27H27F7O2/c1-2-3-15-4-9-24(35-14-15)17-7-5-16(6-8-17)18-10-20(28)25(21(29)11-18)27(33,34)36-19-12-22(30)26(32)23(31)13-19/h5,10-13,15,17,24H,2-4,6-9,14H2,1H3. The summed E-state index contributed by atoms with van der Waals surface area (Å²) in [5, 5.41) is 0. The quantitative estimate of drug-likeness (QED) is 0.272. The molecule has 196 valence electrons. The van der Waals surface area contributed by atoms with Gasteiger partial charge in [-0.1, -0.05) is 19.4 Å². The predicted molar refractivity (Wildman–Crippen MR) is 120 cm³/mol. The summed E-state index contributed by atoms with van der Waals surface area (Å²) in [6, 6.07) is 1.92. The monoisotopic (exact) mass is 516 g/mol. The smallest absolute Gasteiger partial charge is 0.429 e. The maximum Gasteiger partial charge on any atom is 0.432 e. The first-order valence-corrected chi connectivity index (χ1v) is 12.1. The van der Waals surface area contributed by atoms with E-state index in [1.807, 2.05) is 6.08 Å². The van der Waals surface area contributed by atoms with Gasteiger partial charge < -0.3 is 9.47 Å². The molecule has 1 aliphatic heterocycles. The largest absolute Gasteiger partial charge is 0.432 e. The second-order valence-electron chi connectivity index (χ2n) is 9.50. The Bertz CT molecular complexity index is 1080. The fraction of sp³-hybridized carbons (Fsp3) is 0.481. The van der Waals surface area contributed by atoms with Gasteiger partial charge in [0.05, 0.1) is 6.10 Å². The lowest BCUT2D eigenvalue weighted by atomic mass is 9.80. The van der Waals surface area contributed by atoms with Gasteiger partial charge in [0, 0.05) is 18.7 Å². The molecule has 0 spiro atoms. The van der Waals surface area contributed by atoms with E-state index in [0.717, 1.165) is 50.8 Å². The van der Waals surface area contributed by atoms with Crippen LogP contribution in [-0.2, 0) is 10.8 Å². The Morgan fingerprint density at radius 3 is 2.11 bits per heavy atom. The summed E-state index contributed by atoms with van der Waals surface area (Å²) in [6.45, 7) is 2.90. The number of hydrogen-bond donors (Lipinski definition) is 0. The Balaban J connectivity index is 1.47. The molecule has 4 rings (SSSR count). The third-order valence-electron chi connectivity index (χ3n) is 6.99. The van der Waals surface area contributed by atoms with E-state index in [2.05, 4.69) is 11.7 Å². The zero-order valence-corrected chi connectivity index (χ0v) is 19.7. The highest BCUT2D eigenvalue weighted by molar-refractivity contribution is 5.67. The molecule has 0 N–H and O–H groups in total. The Morgan fingerprint density at radius 1 is 0.917 bits per heavy atom. The lowest BCUT2D eigenvalue weighted by molar-refractivity contribution is -0.189. The second kappa shape index (κ2) is 10.8. The molecule has 0 bridgehead atoms. The molecule has 0 saturated carbocycles. The minimum atomic E-state index is -4.61. The van der Waals surface area contributed by atoms with Crippen LogP contribution in [0.4, 0.5) is 30.7 Å². The van der Waals surface area contributed by atoms with Crippen LogP contribution in [0.2, 0.25) is 0 Å². The van der Waals surface area contributed by atoms with Gasteiger partial charge in [0.25, 0.3) is 0 Å². The van der Waals surface area contributed by atoms with Crippen LogP contribution in [0.5, 0.6) is 5.75 Å². The molecule has 1 saturated heterocycles. The van der Waals surface area contributed by atoms with Gasteiger partial charge in [0.2, 0.25) is 0 Å². The minimum Gasteiger partial charge on any atom is -0.429 e. The second-order valence-corrected chi connectivity index (χ2v) is 9.50. The van der Waals surface area contributed by atoms with Crippen molar-refractivity contribution in [2.24, 2.45) is 11.8 Å². The first-order valence-electron chi connectivity index (χ1n) is 12.1. The Morgan fingerprint density at radius 2 is 1.58 bits per heavy atom. The van der Waals surface area contributed by atoms with Gasteiger partial charge in [0.1, 0.15) is 22.9 Å². The molecule has 2 aromatic carbocycles. The zero-order valence-electron chi connectivity index (χ0n) is 19.7. The number of benzene rings is 2. The van der Waals surface area contributed by atoms with Crippen LogP contribution in [0.25, 0.3) is 5.57 Å². The summed E-state index contributed by atoms with van der Waals surface area (Å²) in [5.74, 6) is -8.82. The molecule has 0 radical (unpaired) electrons. The van der Waals surface area contributed by atoms with Crippen molar-refractivity contribution in [1.82, 2.24) is 0 Å². The van der Waals surface area contributed by atoms with E-state index in [9.17, 15) is 30.7 Å². The molecule has 9 heteroatoms. The predicted octanol–water partition coefficient (Wildman–Crippen LogP) is 8.29. The Hall–Kier alpha value is -2.55. The Labute approximate surface area is 205 Å². The van der Waals surface area contributed by atoms with E-state index >= 15 is 0 Å². The topological polar surface area (TPSA) is 18.5 Å². The molecule has 2 nitrogen and oxygen atoms in total. The number of alkyl halides is 2. The van der Waals surface area contributed by atoms with Gasteiger partial charge in [-0.15, -0.1) is 0 Å². The third-order valence-corrected chi connectivity index (χ3v) is 6.99. The van der Waals surface area contributed by atoms with E-state index in [1.54, 1.807) is 0 Å². The molecular weight excluding hydrogens is 489 g/mol. The van der Waals surface area contributed by atoms with Crippen LogP contribution in [0.1, 0.15) is 63.0 Å². The third kappa shape index (κ3) is 5.71. The van der Waals surface area contributed by atoms with Crippen LogP contribution in [0.3, 0.4) is 0 Å². The normalized spacial score (nSPS) is 22.9. The molecule has 1 heterocycles. The number of hydrogen-bond acceptors (Lipinski definition) is 2. The fourth-order valence-corrected chi connectivity index (χ4v) is 5.12. The number of halogens is 7. The van der Waals surface area contributed by atoms with Crippen molar-refractivity contribution in [2.45, 2.75) is 64.1 Å². The molecule has 1 aliphatic carbocycles. The van der Waals surface area contributed by atoms with Crippen molar-refractivity contribution in [1.29, 1.82) is 0 Å². The van der Waals surface area contributed by atoms with E-state index < -0.39 is 46.5 Å².